The van der Waals surface area contributed by atoms with Gasteiger partial charge < -0.3 is 15.8 Å². The second-order valence-electron chi connectivity index (χ2n) is 6.60. The van der Waals surface area contributed by atoms with Crippen molar-refractivity contribution in [2.45, 2.75) is 32.9 Å². The highest BCUT2D eigenvalue weighted by molar-refractivity contribution is 5.86. The van der Waals surface area contributed by atoms with E-state index in [0.29, 0.717) is 19.1 Å². The summed E-state index contributed by atoms with van der Waals surface area (Å²) < 4.78 is 5.71. The van der Waals surface area contributed by atoms with Crippen molar-refractivity contribution < 1.29 is 9.53 Å². The van der Waals surface area contributed by atoms with Gasteiger partial charge in [-0.25, -0.2) is 0 Å². The zero-order chi connectivity index (χ0) is 17.6. The number of ether oxygens (including phenoxy) is 1. The summed E-state index contributed by atoms with van der Waals surface area (Å²) in [4.78, 5) is 12.5. The lowest BCUT2D eigenvalue weighted by molar-refractivity contribution is -0.126. The van der Waals surface area contributed by atoms with Crippen LogP contribution in [-0.2, 0) is 16.9 Å². The van der Waals surface area contributed by atoms with Crippen LogP contribution in [0.3, 0.4) is 0 Å². The number of nitrogens with one attached hydrogen (secondary N) is 1. The standard InChI is InChI=1S/C20H26N2O2/c1-15(2)14-24-18-11-7-8-16(12-18)13-22-19(23)20(3,21)17-9-5-4-6-10-17/h4-12,15H,13-14,21H2,1-3H3,(H,22,23). The van der Waals surface area contributed by atoms with Gasteiger partial charge in [0.25, 0.3) is 0 Å². The first-order valence-corrected chi connectivity index (χ1v) is 8.24. The van der Waals surface area contributed by atoms with Crippen molar-refractivity contribution in [1.29, 1.82) is 0 Å². The zero-order valence-corrected chi connectivity index (χ0v) is 14.6. The molecule has 0 fully saturated rings. The number of benzene rings is 2. The van der Waals surface area contributed by atoms with E-state index in [4.69, 9.17) is 10.5 Å². The van der Waals surface area contributed by atoms with Crippen LogP contribution in [0.2, 0.25) is 0 Å². The molecular weight excluding hydrogens is 300 g/mol. The topological polar surface area (TPSA) is 64.3 Å². The highest BCUT2D eigenvalue weighted by Gasteiger charge is 2.29. The number of rotatable bonds is 7. The monoisotopic (exact) mass is 326 g/mol. The third kappa shape index (κ3) is 4.83. The number of hydrogen-bond acceptors (Lipinski definition) is 3. The minimum absolute atomic E-state index is 0.206. The molecule has 0 bridgehead atoms. The molecule has 4 nitrogen and oxygen atoms in total. The molecule has 3 N–H and O–H groups in total. The molecule has 2 aromatic carbocycles. The Balaban J connectivity index is 1.97. The molecule has 128 valence electrons. The van der Waals surface area contributed by atoms with Crippen LogP contribution < -0.4 is 15.8 Å². The first-order chi connectivity index (χ1) is 11.4. The molecule has 24 heavy (non-hydrogen) atoms. The second kappa shape index (κ2) is 7.97. The fourth-order valence-corrected chi connectivity index (χ4v) is 2.29. The Kier molecular flexibility index (Phi) is 5.99. The number of nitrogens with two attached hydrogens (primary N) is 1. The summed E-state index contributed by atoms with van der Waals surface area (Å²) in [6.45, 7) is 7.02. The van der Waals surface area contributed by atoms with Crippen molar-refractivity contribution in [3.8, 4) is 5.75 Å². The number of amides is 1. The van der Waals surface area contributed by atoms with Crippen LogP contribution in [0.4, 0.5) is 0 Å². The lowest BCUT2D eigenvalue weighted by atomic mass is 9.92. The molecule has 1 amide bonds. The maximum Gasteiger partial charge on any atom is 0.244 e. The molecule has 2 aromatic rings. The molecule has 1 unspecified atom stereocenters. The van der Waals surface area contributed by atoms with Gasteiger partial charge in [0, 0.05) is 6.54 Å². The average molecular weight is 326 g/mol. The van der Waals surface area contributed by atoms with Crippen LogP contribution in [-0.4, -0.2) is 12.5 Å². The Bertz CT molecular complexity index is 666. The first kappa shape index (κ1) is 18.0. The summed E-state index contributed by atoms with van der Waals surface area (Å²) in [5.41, 5.74) is 6.93. The molecular formula is C20H26N2O2. The van der Waals surface area contributed by atoms with Gasteiger partial charge >= 0.3 is 0 Å². The van der Waals surface area contributed by atoms with Gasteiger partial charge in [-0.05, 0) is 36.1 Å². The van der Waals surface area contributed by atoms with Gasteiger partial charge in [-0.2, -0.15) is 0 Å². The maximum atomic E-state index is 12.5. The van der Waals surface area contributed by atoms with Crippen LogP contribution in [0.1, 0.15) is 31.9 Å². The van der Waals surface area contributed by atoms with Crippen molar-refractivity contribution in [2.75, 3.05) is 6.61 Å². The quantitative estimate of drug-likeness (QED) is 0.821. The molecule has 2 rings (SSSR count). The van der Waals surface area contributed by atoms with Gasteiger partial charge in [-0.1, -0.05) is 56.3 Å². The highest BCUT2D eigenvalue weighted by Crippen LogP contribution is 2.18. The van der Waals surface area contributed by atoms with Crippen molar-refractivity contribution in [2.24, 2.45) is 11.7 Å². The van der Waals surface area contributed by atoms with Gasteiger partial charge in [0.1, 0.15) is 11.3 Å². The number of carbonyl (C=O) groups excluding carboxylic acids is 1. The fourth-order valence-electron chi connectivity index (χ4n) is 2.29. The van der Waals surface area contributed by atoms with Crippen LogP contribution in [0.5, 0.6) is 5.75 Å². The molecule has 1 atom stereocenters. The largest absolute Gasteiger partial charge is 0.493 e. The van der Waals surface area contributed by atoms with Crippen LogP contribution in [0.15, 0.2) is 54.6 Å². The molecule has 0 saturated heterocycles. The molecule has 0 spiro atoms. The number of hydrogen-bond donors (Lipinski definition) is 2. The molecule has 0 aliphatic carbocycles. The molecule has 0 aromatic heterocycles. The van der Waals surface area contributed by atoms with Gasteiger partial charge in [-0.3, -0.25) is 4.79 Å². The average Bonchev–Trinajstić information content (AvgIpc) is 2.59. The smallest absolute Gasteiger partial charge is 0.244 e. The van der Waals surface area contributed by atoms with E-state index >= 15 is 0 Å². The van der Waals surface area contributed by atoms with Gasteiger partial charge in [0.2, 0.25) is 5.91 Å². The molecule has 0 aliphatic heterocycles. The van der Waals surface area contributed by atoms with E-state index in [1.807, 2.05) is 54.6 Å². The summed E-state index contributed by atoms with van der Waals surface area (Å²) in [6, 6.07) is 17.1. The highest BCUT2D eigenvalue weighted by atomic mass is 16.5. The molecule has 0 aliphatic rings. The van der Waals surface area contributed by atoms with E-state index in [-0.39, 0.29) is 5.91 Å². The molecule has 0 saturated carbocycles. The number of carbonyl (C=O) groups is 1. The van der Waals surface area contributed by atoms with E-state index < -0.39 is 5.54 Å². The Morgan fingerprint density at radius 3 is 2.54 bits per heavy atom. The summed E-state index contributed by atoms with van der Waals surface area (Å²) in [5.74, 6) is 1.08. The van der Waals surface area contributed by atoms with Crippen molar-refractivity contribution in [1.82, 2.24) is 5.32 Å². The van der Waals surface area contributed by atoms with E-state index in [0.717, 1.165) is 16.9 Å². The van der Waals surface area contributed by atoms with Gasteiger partial charge in [0.05, 0.1) is 6.61 Å². The van der Waals surface area contributed by atoms with Crippen LogP contribution >= 0.6 is 0 Å². The molecule has 0 heterocycles. The Hall–Kier alpha value is -2.33. The normalized spacial score (nSPS) is 13.4. The van der Waals surface area contributed by atoms with E-state index in [1.165, 1.54) is 0 Å². The van der Waals surface area contributed by atoms with Gasteiger partial charge in [-0.15, -0.1) is 0 Å². The predicted octanol–water partition coefficient (Wildman–Crippen LogP) is 3.21. The Labute approximate surface area is 144 Å². The third-order valence-electron chi connectivity index (χ3n) is 3.78. The Morgan fingerprint density at radius 2 is 1.88 bits per heavy atom. The zero-order valence-electron chi connectivity index (χ0n) is 14.6. The van der Waals surface area contributed by atoms with E-state index in [9.17, 15) is 4.79 Å². The minimum Gasteiger partial charge on any atom is -0.493 e. The summed E-state index contributed by atoms with van der Waals surface area (Å²) >= 11 is 0. The fraction of sp³-hybridized carbons (Fsp3) is 0.350. The summed E-state index contributed by atoms with van der Waals surface area (Å²) in [6.07, 6.45) is 0. The second-order valence-corrected chi connectivity index (χ2v) is 6.60. The maximum absolute atomic E-state index is 12.5. The lowest BCUT2D eigenvalue weighted by Crippen LogP contribution is -2.48. The SMILES string of the molecule is CC(C)COc1cccc(CNC(=O)C(C)(N)c2ccccc2)c1. The van der Waals surface area contributed by atoms with Crippen LogP contribution in [0, 0.1) is 5.92 Å². The predicted molar refractivity (Wildman–Crippen MR) is 96.6 cm³/mol. The van der Waals surface area contributed by atoms with Gasteiger partial charge in [0.15, 0.2) is 0 Å². The summed E-state index contributed by atoms with van der Waals surface area (Å²) in [7, 11) is 0. The van der Waals surface area contributed by atoms with E-state index in [1.54, 1.807) is 6.92 Å². The third-order valence-corrected chi connectivity index (χ3v) is 3.78. The van der Waals surface area contributed by atoms with Crippen molar-refractivity contribution in [3.05, 3.63) is 65.7 Å². The van der Waals surface area contributed by atoms with Crippen molar-refractivity contribution in [3.63, 3.8) is 0 Å². The Morgan fingerprint density at radius 1 is 1.17 bits per heavy atom. The molecule has 4 heteroatoms. The van der Waals surface area contributed by atoms with Crippen molar-refractivity contribution >= 4 is 5.91 Å². The minimum atomic E-state index is -1.06. The lowest BCUT2D eigenvalue weighted by Gasteiger charge is -2.24. The van der Waals surface area contributed by atoms with E-state index in [2.05, 4.69) is 19.2 Å². The van der Waals surface area contributed by atoms with Crippen LogP contribution in [0.25, 0.3) is 0 Å². The first-order valence-electron chi connectivity index (χ1n) is 8.24. The summed E-state index contributed by atoms with van der Waals surface area (Å²) in [5, 5.41) is 2.91. The molecule has 0 radical (unpaired) electrons.